The maximum Gasteiger partial charge on any atom is 0.313 e. The average molecular weight is 373 g/mol. The van der Waals surface area contributed by atoms with Crippen LogP contribution in [0.1, 0.15) is 52.0 Å². The van der Waals surface area contributed by atoms with E-state index in [1.807, 2.05) is 13.0 Å². The fourth-order valence-electron chi connectivity index (χ4n) is 4.90. The molecule has 0 amide bonds. The smallest absolute Gasteiger partial charge is 0.313 e. The van der Waals surface area contributed by atoms with Gasteiger partial charge in [0, 0.05) is 18.6 Å². The minimum Gasteiger partial charge on any atom is -0.466 e. The van der Waals surface area contributed by atoms with Crippen molar-refractivity contribution in [3.63, 3.8) is 0 Å². The quantitative estimate of drug-likeness (QED) is 0.712. The lowest BCUT2D eigenvalue weighted by atomic mass is 9.74. The molecule has 0 spiro atoms. The van der Waals surface area contributed by atoms with Crippen LogP contribution in [0.15, 0.2) is 30.3 Å². The Balaban J connectivity index is 1.73. The number of benzene rings is 1. The van der Waals surface area contributed by atoms with Gasteiger partial charge < -0.3 is 9.64 Å². The number of esters is 1. The van der Waals surface area contributed by atoms with Crippen LogP contribution in [0, 0.1) is 5.41 Å². The number of ether oxygens (including phenoxy) is 1. The summed E-state index contributed by atoms with van der Waals surface area (Å²) in [6.45, 7) is 11.2. The monoisotopic (exact) mass is 372 g/mol. The highest BCUT2D eigenvalue weighted by molar-refractivity contribution is 5.77. The van der Waals surface area contributed by atoms with E-state index in [4.69, 9.17) is 4.74 Å². The Labute approximate surface area is 164 Å². The van der Waals surface area contributed by atoms with Crippen molar-refractivity contribution < 1.29 is 9.53 Å². The molecule has 2 saturated heterocycles. The van der Waals surface area contributed by atoms with E-state index < -0.39 is 5.41 Å². The maximum atomic E-state index is 13.0. The highest BCUT2D eigenvalue weighted by Gasteiger charge is 2.45. The maximum absolute atomic E-state index is 13.0. The SMILES string of the molecule is CCOC(=O)[C@]1(Cc2ccccc2)CCCN(C2CCN(C(C)C)CC2)C1. The van der Waals surface area contributed by atoms with Gasteiger partial charge in [0.25, 0.3) is 0 Å². The average Bonchev–Trinajstić information content (AvgIpc) is 2.69. The fraction of sp³-hybridized carbons (Fsp3) is 0.696. The molecule has 0 N–H and O–H groups in total. The third-order valence-corrected chi connectivity index (χ3v) is 6.45. The van der Waals surface area contributed by atoms with Crippen LogP contribution >= 0.6 is 0 Å². The molecule has 150 valence electrons. The first-order valence-electron chi connectivity index (χ1n) is 10.7. The molecular formula is C23H36N2O2. The van der Waals surface area contributed by atoms with Crippen molar-refractivity contribution in [1.29, 1.82) is 0 Å². The van der Waals surface area contributed by atoms with Gasteiger partial charge in [-0.15, -0.1) is 0 Å². The Morgan fingerprint density at radius 3 is 2.52 bits per heavy atom. The van der Waals surface area contributed by atoms with Crippen LogP contribution < -0.4 is 0 Å². The van der Waals surface area contributed by atoms with Gasteiger partial charge in [0.1, 0.15) is 0 Å². The zero-order valence-electron chi connectivity index (χ0n) is 17.3. The predicted octanol–water partition coefficient (Wildman–Crippen LogP) is 3.75. The molecule has 3 rings (SSSR count). The second-order valence-corrected chi connectivity index (χ2v) is 8.60. The van der Waals surface area contributed by atoms with E-state index in [1.165, 1.54) is 31.5 Å². The highest BCUT2D eigenvalue weighted by atomic mass is 16.5. The number of hydrogen-bond acceptors (Lipinski definition) is 4. The summed E-state index contributed by atoms with van der Waals surface area (Å²) in [7, 11) is 0. The van der Waals surface area contributed by atoms with Gasteiger partial charge in [-0.25, -0.2) is 0 Å². The third kappa shape index (κ3) is 4.91. The van der Waals surface area contributed by atoms with Gasteiger partial charge in [0.05, 0.1) is 12.0 Å². The Hall–Kier alpha value is -1.39. The minimum atomic E-state index is -0.398. The van der Waals surface area contributed by atoms with Crippen LogP contribution in [0.2, 0.25) is 0 Å². The van der Waals surface area contributed by atoms with E-state index in [1.54, 1.807) is 0 Å². The first-order valence-corrected chi connectivity index (χ1v) is 10.7. The van der Waals surface area contributed by atoms with Gasteiger partial charge in [0.15, 0.2) is 0 Å². The second-order valence-electron chi connectivity index (χ2n) is 8.60. The number of nitrogens with zero attached hydrogens (tertiary/aromatic N) is 2. The van der Waals surface area contributed by atoms with Gasteiger partial charge in [-0.05, 0) is 78.1 Å². The molecule has 4 nitrogen and oxygen atoms in total. The van der Waals surface area contributed by atoms with Gasteiger partial charge in [-0.2, -0.15) is 0 Å². The molecule has 1 aromatic carbocycles. The minimum absolute atomic E-state index is 0.00169. The molecule has 2 fully saturated rings. The van der Waals surface area contributed by atoms with Crippen LogP contribution in [0.5, 0.6) is 0 Å². The van der Waals surface area contributed by atoms with Crippen LogP contribution in [-0.2, 0) is 16.0 Å². The number of likely N-dealkylation sites (tertiary alicyclic amines) is 2. The summed E-state index contributed by atoms with van der Waals surface area (Å²) in [4.78, 5) is 18.2. The van der Waals surface area contributed by atoms with E-state index in [0.29, 0.717) is 18.7 Å². The molecular weight excluding hydrogens is 336 g/mol. The Morgan fingerprint density at radius 2 is 1.89 bits per heavy atom. The van der Waals surface area contributed by atoms with Crippen LogP contribution in [0.25, 0.3) is 0 Å². The first-order chi connectivity index (χ1) is 13.0. The molecule has 0 radical (unpaired) electrons. The van der Waals surface area contributed by atoms with E-state index in [9.17, 15) is 4.79 Å². The fourth-order valence-corrected chi connectivity index (χ4v) is 4.90. The molecule has 0 aliphatic carbocycles. The largest absolute Gasteiger partial charge is 0.466 e. The zero-order valence-corrected chi connectivity index (χ0v) is 17.3. The molecule has 0 bridgehead atoms. The van der Waals surface area contributed by atoms with Crippen LogP contribution in [0.4, 0.5) is 0 Å². The number of carbonyl (C=O) groups excluding carboxylic acids is 1. The molecule has 1 atom stereocenters. The topological polar surface area (TPSA) is 32.8 Å². The number of hydrogen-bond donors (Lipinski definition) is 0. The lowest BCUT2D eigenvalue weighted by Gasteiger charge is -2.47. The highest BCUT2D eigenvalue weighted by Crippen LogP contribution is 2.37. The summed E-state index contributed by atoms with van der Waals surface area (Å²) in [5.41, 5.74) is 0.840. The lowest BCUT2D eigenvalue weighted by Crippen LogP contribution is -2.55. The summed E-state index contributed by atoms with van der Waals surface area (Å²) in [6, 6.07) is 11.7. The molecule has 2 aliphatic heterocycles. The lowest BCUT2D eigenvalue weighted by molar-refractivity contribution is -0.160. The van der Waals surface area contributed by atoms with Gasteiger partial charge in [-0.1, -0.05) is 30.3 Å². The third-order valence-electron chi connectivity index (χ3n) is 6.45. The van der Waals surface area contributed by atoms with Gasteiger partial charge in [0.2, 0.25) is 0 Å². The van der Waals surface area contributed by atoms with Crippen LogP contribution in [-0.4, -0.2) is 60.6 Å². The van der Waals surface area contributed by atoms with Crippen molar-refractivity contribution in [2.24, 2.45) is 5.41 Å². The molecule has 27 heavy (non-hydrogen) atoms. The zero-order chi connectivity index (χ0) is 19.3. The molecule has 0 aromatic heterocycles. The van der Waals surface area contributed by atoms with Crippen molar-refractivity contribution >= 4 is 5.97 Å². The summed E-state index contributed by atoms with van der Waals surface area (Å²) in [6.07, 6.45) is 5.22. The molecule has 0 unspecified atom stereocenters. The van der Waals surface area contributed by atoms with Crippen molar-refractivity contribution in [3.05, 3.63) is 35.9 Å². The first kappa shape index (κ1) is 20.3. The normalized spacial score (nSPS) is 25.6. The van der Waals surface area contributed by atoms with E-state index >= 15 is 0 Å². The summed E-state index contributed by atoms with van der Waals surface area (Å²) >= 11 is 0. The van der Waals surface area contributed by atoms with E-state index in [0.717, 1.165) is 32.4 Å². The van der Waals surface area contributed by atoms with Crippen molar-refractivity contribution in [3.8, 4) is 0 Å². The predicted molar refractivity (Wildman–Crippen MR) is 110 cm³/mol. The Morgan fingerprint density at radius 1 is 1.19 bits per heavy atom. The summed E-state index contributed by atoms with van der Waals surface area (Å²) < 4.78 is 5.57. The summed E-state index contributed by atoms with van der Waals surface area (Å²) in [5.74, 6) is -0.00169. The number of rotatable bonds is 6. The Bertz CT molecular complexity index is 596. The van der Waals surface area contributed by atoms with Crippen molar-refractivity contribution in [2.45, 2.75) is 65.0 Å². The van der Waals surface area contributed by atoms with Gasteiger partial charge in [-0.3, -0.25) is 9.69 Å². The molecule has 0 saturated carbocycles. The molecule has 1 aromatic rings. The molecule has 4 heteroatoms. The molecule has 2 heterocycles. The molecule has 2 aliphatic rings. The van der Waals surface area contributed by atoms with Crippen molar-refractivity contribution in [1.82, 2.24) is 9.80 Å². The standard InChI is InChI=1S/C23H36N2O2/c1-4-27-22(26)23(17-20-9-6-5-7-10-20)13-8-14-25(18-23)21-11-15-24(16-12-21)19(2)3/h5-7,9-10,19,21H,4,8,11-18H2,1-3H3/t23-/m0/s1. The van der Waals surface area contributed by atoms with Crippen LogP contribution in [0.3, 0.4) is 0 Å². The number of piperidine rings is 2. The van der Waals surface area contributed by atoms with Crippen molar-refractivity contribution in [2.75, 3.05) is 32.8 Å². The second kappa shape index (κ2) is 9.20. The number of carbonyl (C=O) groups is 1. The summed E-state index contributed by atoms with van der Waals surface area (Å²) in [5, 5.41) is 0. The van der Waals surface area contributed by atoms with E-state index in [-0.39, 0.29) is 5.97 Å². The van der Waals surface area contributed by atoms with E-state index in [2.05, 4.69) is 47.9 Å². The Kier molecular flexibility index (Phi) is 6.93. The van der Waals surface area contributed by atoms with Gasteiger partial charge >= 0.3 is 5.97 Å².